The van der Waals surface area contributed by atoms with Gasteiger partial charge in [0.05, 0.1) is 12.1 Å². The molecule has 0 spiro atoms. The Balaban J connectivity index is 2.27. The van der Waals surface area contributed by atoms with Crippen LogP contribution in [0.4, 0.5) is 4.39 Å². The van der Waals surface area contributed by atoms with Crippen molar-refractivity contribution in [1.82, 2.24) is 10.3 Å². The number of aliphatic hydroxyl groups excluding tert-OH is 1. The molecule has 0 saturated carbocycles. The molecule has 0 aliphatic rings. The number of benzene rings is 1. The van der Waals surface area contributed by atoms with Crippen molar-refractivity contribution in [3.8, 4) is 0 Å². The molecule has 1 atom stereocenters. The molecule has 1 heterocycles. The zero-order valence-electron chi connectivity index (χ0n) is 13.0. The zero-order valence-corrected chi connectivity index (χ0v) is 13.0. The van der Waals surface area contributed by atoms with Gasteiger partial charge in [0, 0.05) is 24.6 Å². The quantitative estimate of drug-likeness (QED) is 0.765. The number of H-pyrrole nitrogens is 1. The molecule has 0 saturated heterocycles. The zero-order chi connectivity index (χ0) is 16.3. The van der Waals surface area contributed by atoms with Crippen LogP contribution < -0.4 is 5.32 Å². The number of ether oxygens (including phenoxy) is 1. The summed E-state index contributed by atoms with van der Waals surface area (Å²) in [5.41, 5.74) is 1.03. The van der Waals surface area contributed by atoms with Gasteiger partial charge in [-0.1, -0.05) is 0 Å². The maximum absolute atomic E-state index is 13.4. The molecule has 0 aliphatic carbocycles. The van der Waals surface area contributed by atoms with Gasteiger partial charge in [-0.25, -0.2) is 4.39 Å². The Morgan fingerprint density at radius 1 is 1.45 bits per heavy atom. The highest BCUT2D eigenvalue weighted by atomic mass is 19.1. The maximum atomic E-state index is 13.4. The maximum Gasteiger partial charge on any atom is 0.268 e. The van der Waals surface area contributed by atoms with E-state index in [2.05, 4.69) is 10.3 Å². The van der Waals surface area contributed by atoms with Gasteiger partial charge in [0.25, 0.3) is 5.91 Å². The second-order valence-corrected chi connectivity index (χ2v) is 5.79. The molecule has 6 heteroatoms. The lowest BCUT2D eigenvalue weighted by Crippen LogP contribution is -2.50. The fourth-order valence-corrected chi connectivity index (χ4v) is 2.57. The molecular weight excluding hydrogens is 287 g/mol. The van der Waals surface area contributed by atoms with Crippen LogP contribution in [0.25, 0.3) is 10.9 Å². The third-order valence-corrected chi connectivity index (χ3v) is 3.70. The summed E-state index contributed by atoms with van der Waals surface area (Å²) < 4.78 is 18.5. The Labute approximate surface area is 128 Å². The number of aliphatic hydroxyl groups is 1. The lowest BCUT2D eigenvalue weighted by Gasteiger charge is -2.29. The van der Waals surface area contributed by atoms with E-state index < -0.39 is 5.54 Å². The molecule has 120 valence electrons. The topological polar surface area (TPSA) is 74.3 Å². The van der Waals surface area contributed by atoms with Crippen molar-refractivity contribution in [1.29, 1.82) is 0 Å². The highest BCUT2D eigenvalue weighted by molar-refractivity contribution is 5.99. The minimum atomic E-state index is -0.668. The Morgan fingerprint density at radius 2 is 2.18 bits per heavy atom. The van der Waals surface area contributed by atoms with E-state index in [0.29, 0.717) is 17.6 Å². The van der Waals surface area contributed by atoms with Crippen molar-refractivity contribution in [2.45, 2.75) is 25.8 Å². The number of methoxy groups -OCH3 is 1. The van der Waals surface area contributed by atoms with E-state index in [1.807, 2.05) is 0 Å². The molecule has 5 nitrogen and oxygen atoms in total. The molecular formula is C16H21FN2O3. The highest BCUT2D eigenvalue weighted by Crippen LogP contribution is 2.21. The number of nitrogens with one attached hydrogen (secondary N) is 2. The van der Waals surface area contributed by atoms with E-state index in [0.717, 1.165) is 10.9 Å². The van der Waals surface area contributed by atoms with Crippen LogP contribution in [0, 0.1) is 12.7 Å². The number of halogens is 1. The monoisotopic (exact) mass is 308 g/mol. The van der Waals surface area contributed by atoms with Gasteiger partial charge in [-0.15, -0.1) is 0 Å². The van der Waals surface area contributed by atoms with Crippen LogP contribution in [-0.4, -0.2) is 41.9 Å². The number of rotatable bonds is 6. The van der Waals surface area contributed by atoms with Crippen LogP contribution in [0.5, 0.6) is 0 Å². The summed E-state index contributed by atoms with van der Waals surface area (Å²) in [5, 5.41) is 12.8. The second kappa shape index (κ2) is 6.46. The van der Waals surface area contributed by atoms with Crippen molar-refractivity contribution >= 4 is 16.8 Å². The third-order valence-electron chi connectivity index (χ3n) is 3.70. The molecule has 0 bridgehead atoms. The van der Waals surface area contributed by atoms with Crippen molar-refractivity contribution in [3.05, 3.63) is 35.3 Å². The summed E-state index contributed by atoms with van der Waals surface area (Å²) >= 11 is 0. The number of carbonyl (C=O) groups excluding carboxylic acids is 1. The van der Waals surface area contributed by atoms with Crippen LogP contribution in [0.1, 0.15) is 29.4 Å². The summed E-state index contributed by atoms with van der Waals surface area (Å²) in [6.45, 7) is 3.82. The van der Waals surface area contributed by atoms with E-state index in [-0.39, 0.29) is 24.9 Å². The van der Waals surface area contributed by atoms with Gasteiger partial charge in [0.1, 0.15) is 11.5 Å². The first-order chi connectivity index (χ1) is 10.4. The standard InChI is InChI=1S/C16H21FN2O3/c1-10-6-11(17)7-13-12(10)8-14(18-13)15(21)19-16(2,4-5-20)9-22-3/h6-8,18,20H,4-5,9H2,1-3H3,(H,19,21). The Hall–Kier alpha value is -1.92. The van der Waals surface area contributed by atoms with E-state index >= 15 is 0 Å². The van der Waals surface area contributed by atoms with Crippen LogP contribution in [-0.2, 0) is 4.74 Å². The number of aromatic nitrogens is 1. The predicted octanol–water partition coefficient (Wildman–Crippen LogP) is 2.13. The van der Waals surface area contributed by atoms with Gasteiger partial charge in [-0.05, 0) is 44.0 Å². The van der Waals surface area contributed by atoms with Crippen molar-refractivity contribution in [2.75, 3.05) is 20.3 Å². The average Bonchev–Trinajstić information content (AvgIpc) is 2.83. The number of fused-ring (bicyclic) bond motifs is 1. The normalized spacial score (nSPS) is 14.0. The molecule has 0 fully saturated rings. The molecule has 1 amide bonds. The van der Waals surface area contributed by atoms with Gasteiger partial charge in [-0.3, -0.25) is 4.79 Å². The smallest absolute Gasteiger partial charge is 0.268 e. The number of aromatic amines is 1. The Bertz CT molecular complexity index is 675. The summed E-state index contributed by atoms with van der Waals surface area (Å²) in [6.07, 6.45) is 0.375. The van der Waals surface area contributed by atoms with Gasteiger partial charge in [-0.2, -0.15) is 0 Å². The molecule has 22 heavy (non-hydrogen) atoms. The van der Waals surface area contributed by atoms with Gasteiger partial charge in [0.15, 0.2) is 0 Å². The highest BCUT2D eigenvalue weighted by Gasteiger charge is 2.27. The summed E-state index contributed by atoms with van der Waals surface area (Å²) in [6, 6.07) is 4.49. The minimum absolute atomic E-state index is 0.0584. The molecule has 2 rings (SSSR count). The fraction of sp³-hybridized carbons (Fsp3) is 0.438. The van der Waals surface area contributed by atoms with Gasteiger partial charge >= 0.3 is 0 Å². The number of hydrogen-bond acceptors (Lipinski definition) is 3. The minimum Gasteiger partial charge on any atom is -0.396 e. The van der Waals surface area contributed by atoms with Crippen LogP contribution >= 0.6 is 0 Å². The first-order valence-electron chi connectivity index (χ1n) is 7.10. The van der Waals surface area contributed by atoms with Crippen molar-refractivity contribution < 1.29 is 19.0 Å². The summed E-state index contributed by atoms with van der Waals surface area (Å²) in [4.78, 5) is 15.3. The fourth-order valence-electron chi connectivity index (χ4n) is 2.57. The lowest BCUT2D eigenvalue weighted by atomic mass is 9.99. The molecule has 3 N–H and O–H groups in total. The first kappa shape index (κ1) is 16.5. The molecule has 0 radical (unpaired) electrons. The van der Waals surface area contributed by atoms with Gasteiger partial charge < -0.3 is 20.1 Å². The molecule has 1 unspecified atom stereocenters. The van der Waals surface area contributed by atoms with Crippen LogP contribution in [0.15, 0.2) is 18.2 Å². The van der Waals surface area contributed by atoms with Crippen molar-refractivity contribution in [3.63, 3.8) is 0 Å². The molecule has 2 aromatic rings. The summed E-state index contributed by atoms with van der Waals surface area (Å²) in [5.74, 6) is -0.660. The lowest BCUT2D eigenvalue weighted by molar-refractivity contribution is 0.0722. The van der Waals surface area contributed by atoms with E-state index in [4.69, 9.17) is 9.84 Å². The van der Waals surface area contributed by atoms with Gasteiger partial charge in [0.2, 0.25) is 0 Å². The Kier molecular flexibility index (Phi) is 4.83. The third kappa shape index (κ3) is 3.45. The number of carbonyl (C=O) groups is 1. The first-order valence-corrected chi connectivity index (χ1v) is 7.10. The van der Waals surface area contributed by atoms with E-state index in [9.17, 15) is 9.18 Å². The van der Waals surface area contributed by atoms with E-state index in [1.165, 1.54) is 19.2 Å². The predicted molar refractivity (Wildman–Crippen MR) is 82.4 cm³/mol. The van der Waals surface area contributed by atoms with Crippen molar-refractivity contribution in [2.24, 2.45) is 0 Å². The second-order valence-electron chi connectivity index (χ2n) is 5.79. The number of hydrogen-bond donors (Lipinski definition) is 3. The van der Waals surface area contributed by atoms with Crippen LogP contribution in [0.3, 0.4) is 0 Å². The number of aryl methyl sites for hydroxylation is 1. The molecule has 1 aromatic heterocycles. The SMILES string of the molecule is COCC(C)(CCO)NC(=O)c1cc2c(C)cc(F)cc2[nH]1. The molecule has 1 aromatic carbocycles. The molecule has 0 aliphatic heterocycles. The van der Waals surface area contributed by atoms with E-state index in [1.54, 1.807) is 19.9 Å². The average molecular weight is 308 g/mol. The van der Waals surface area contributed by atoms with Crippen LogP contribution in [0.2, 0.25) is 0 Å². The Morgan fingerprint density at radius 3 is 2.82 bits per heavy atom. The number of amides is 1. The largest absolute Gasteiger partial charge is 0.396 e. The summed E-state index contributed by atoms with van der Waals surface area (Å²) in [7, 11) is 1.54.